The molecule has 0 aliphatic rings. The first-order valence-corrected chi connectivity index (χ1v) is 5.58. The Morgan fingerprint density at radius 3 is 1.93 bits per heavy atom. The van der Waals surface area contributed by atoms with Crippen LogP contribution in [0.3, 0.4) is 0 Å². The zero-order valence-electron chi connectivity index (χ0n) is 9.67. The van der Waals surface area contributed by atoms with Crippen molar-refractivity contribution in [2.45, 2.75) is 51.4 Å². The molecular weight excluding hydrogens is 214 g/mol. The van der Waals surface area contributed by atoms with Gasteiger partial charge in [-0.3, -0.25) is 4.79 Å². The van der Waals surface area contributed by atoms with Crippen LogP contribution in [0.4, 0.5) is 0 Å². The van der Waals surface area contributed by atoms with Gasteiger partial charge in [0.1, 0.15) is 0 Å². The summed E-state index contributed by atoms with van der Waals surface area (Å²) in [5.41, 5.74) is 5.39. The molecule has 0 rings (SSSR count). The largest absolute Gasteiger partial charge is 0.469 e. The average Bonchev–Trinajstić information content (AvgIpc) is 2.21. The predicted molar refractivity (Wildman–Crippen MR) is 65.3 cm³/mol. The van der Waals surface area contributed by atoms with E-state index in [1.807, 2.05) is 0 Å². The minimum absolute atomic E-state index is 0. The summed E-state index contributed by atoms with van der Waals surface area (Å²) in [5, 5.41) is 0. The molecule has 0 fully saturated rings. The topological polar surface area (TPSA) is 52.3 Å². The zero-order valence-corrected chi connectivity index (χ0v) is 10.5. The number of carbonyl (C=O) groups is 1. The van der Waals surface area contributed by atoms with Gasteiger partial charge in [-0.25, -0.2) is 0 Å². The van der Waals surface area contributed by atoms with Gasteiger partial charge in [-0.2, -0.15) is 0 Å². The lowest BCUT2D eigenvalue weighted by Crippen LogP contribution is -1.99. The van der Waals surface area contributed by atoms with Gasteiger partial charge >= 0.3 is 5.97 Å². The lowest BCUT2D eigenvalue weighted by molar-refractivity contribution is -0.140. The van der Waals surface area contributed by atoms with Crippen LogP contribution in [0, 0.1) is 0 Å². The second kappa shape index (κ2) is 13.7. The number of hydrogen-bond donors (Lipinski definition) is 1. The molecule has 0 aliphatic heterocycles. The van der Waals surface area contributed by atoms with E-state index in [0.29, 0.717) is 6.42 Å². The summed E-state index contributed by atoms with van der Waals surface area (Å²) < 4.78 is 4.56. The third-order valence-electron chi connectivity index (χ3n) is 2.31. The maximum Gasteiger partial charge on any atom is 0.305 e. The lowest BCUT2D eigenvalue weighted by atomic mass is 10.1. The Kier molecular flexibility index (Phi) is 15.7. The minimum atomic E-state index is -0.0897. The zero-order chi connectivity index (χ0) is 10.6. The number of nitrogens with two attached hydrogens (primary N) is 1. The highest BCUT2D eigenvalue weighted by Gasteiger charge is 1.98. The molecule has 2 N–H and O–H groups in total. The second-order valence-corrected chi connectivity index (χ2v) is 3.59. The van der Waals surface area contributed by atoms with Gasteiger partial charge in [-0.05, 0) is 19.4 Å². The average molecular weight is 238 g/mol. The van der Waals surface area contributed by atoms with E-state index < -0.39 is 0 Å². The Balaban J connectivity index is 0. The quantitative estimate of drug-likeness (QED) is 0.496. The van der Waals surface area contributed by atoms with E-state index in [2.05, 4.69) is 4.74 Å². The molecule has 4 heteroatoms. The predicted octanol–water partition coefficient (Wildman–Crippen LogP) is 2.66. The number of halogens is 1. The van der Waals surface area contributed by atoms with Gasteiger partial charge in [0.25, 0.3) is 0 Å². The maximum atomic E-state index is 10.7. The summed E-state index contributed by atoms with van der Waals surface area (Å²) in [4.78, 5) is 10.7. The highest BCUT2D eigenvalue weighted by molar-refractivity contribution is 5.85. The lowest BCUT2D eigenvalue weighted by Gasteiger charge is -2.00. The molecule has 0 amide bonds. The van der Waals surface area contributed by atoms with Crippen molar-refractivity contribution in [2.75, 3.05) is 13.7 Å². The molecule has 0 saturated heterocycles. The van der Waals surface area contributed by atoms with Crippen LogP contribution >= 0.6 is 12.4 Å². The van der Waals surface area contributed by atoms with Crippen molar-refractivity contribution in [1.82, 2.24) is 0 Å². The molecule has 0 aromatic carbocycles. The Hall–Kier alpha value is -0.280. The molecule has 0 spiro atoms. The fourth-order valence-electron chi connectivity index (χ4n) is 1.40. The molecule has 0 unspecified atom stereocenters. The fourth-order valence-corrected chi connectivity index (χ4v) is 1.40. The normalized spacial score (nSPS) is 9.47. The highest BCUT2D eigenvalue weighted by atomic mass is 35.5. The van der Waals surface area contributed by atoms with Crippen LogP contribution in [0.25, 0.3) is 0 Å². The summed E-state index contributed by atoms with van der Waals surface area (Å²) in [7, 11) is 1.44. The van der Waals surface area contributed by atoms with E-state index in [1.165, 1.54) is 32.8 Å². The first kappa shape index (κ1) is 17.1. The molecule has 0 aliphatic carbocycles. The van der Waals surface area contributed by atoms with Crippen molar-refractivity contribution < 1.29 is 9.53 Å². The molecule has 0 heterocycles. The van der Waals surface area contributed by atoms with Crippen molar-refractivity contribution in [1.29, 1.82) is 0 Å². The van der Waals surface area contributed by atoms with Gasteiger partial charge in [0, 0.05) is 6.42 Å². The Bertz CT molecular complexity index is 143. The third-order valence-corrected chi connectivity index (χ3v) is 2.31. The number of rotatable bonds is 9. The highest BCUT2D eigenvalue weighted by Crippen LogP contribution is 2.08. The maximum absolute atomic E-state index is 10.7. The van der Waals surface area contributed by atoms with E-state index >= 15 is 0 Å². The van der Waals surface area contributed by atoms with Crippen molar-refractivity contribution in [2.24, 2.45) is 5.73 Å². The molecule has 0 atom stereocenters. The van der Waals surface area contributed by atoms with Crippen molar-refractivity contribution in [3.8, 4) is 0 Å². The fraction of sp³-hybridized carbons (Fsp3) is 0.909. The minimum Gasteiger partial charge on any atom is -0.469 e. The van der Waals surface area contributed by atoms with Gasteiger partial charge in [-0.1, -0.05) is 32.1 Å². The number of methoxy groups -OCH3 is 1. The second-order valence-electron chi connectivity index (χ2n) is 3.59. The van der Waals surface area contributed by atoms with Crippen molar-refractivity contribution >= 4 is 18.4 Å². The molecule has 15 heavy (non-hydrogen) atoms. The van der Waals surface area contributed by atoms with Gasteiger partial charge in [0.05, 0.1) is 7.11 Å². The van der Waals surface area contributed by atoms with Crippen LogP contribution in [-0.2, 0) is 9.53 Å². The monoisotopic (exact) mass is 237 g/mol. The van der Waals surface area contributed by atoms with Crippen LogP contribution in [0.5, 0.6) is 0 Å². The van der Waals surface area contributed by atoms with E-state index in [-0.39, 0.29) is 18.4 Å². The van der Waals surface area contributed by atoms with Crippen LogP contribution in [-0.4, -0.2) is 19.6 Å². The van der Waals surface area contributed by atoms with E-state index in [1.54, 1.807) is 0 Å². The first-order chi connectivity index (χ1) is 6.81. The summed E-state index contributed by atoms with van der Waals surface area (Å²) in [5.74, 6) is -0.0897. The summed E-state index contributed by atoms with van der Waals surface area (Å²) in [6, 6.07) is 0. The van der Waals surface area contributed by atoms with Crippen LogP contribution in [0.2, 0.25) is 0 Å². The SMILES string of the molecule is COC(=O)CCCCCCCCCN.Cl. The Labute approximate surface area is 99.2 Å². The Morgan fingerprint density at radius 2 is 1.47 bits per heavy atom. The molecule has 0 radical (unpaired) electrons. The molecule has 3 nitrogen and oxygen atoms in total. The summed E-state index contributed by atoms with van der Waals surface area (Å²) >= 11 is 0. The van der Waals surface area contributed by atoms with Crippen LogP contribution in [0.15, 0.2) is 0 Å². The molecule has 0 aromatic rings. The number of esters is 1. The van der Waals surface area contributed by atoms with Gasteiger partial charge < -0.3 is 10.5 Å². The van der Waals surface area contributed by atoms with E-state index in [0.717, 1.165) is 25.8 Å². The molecule has 0 aromatic heterocycles. The summed E-state index contributed by atoms with van der Waals surface area (Å²) in [6.07, 6.45) is 8.81. The Morgan fingerprint density at radius 1 is 1.00 bits per heavy atom. The van der Waals surface area contributed by atoms with Crippen LogP contribution < -0.4 is 5.73 Å². The number of carbonyl (C=O) groups excluding carboxylic acids is 1. The standard InChI is InChI=1S/C11H23NO2.ClH/c1-14-11(13)9-7-5-3-2-4-6-8-10-12;/h2-10,12H2,1H3;1H. The van der Waals surface area contributed by atoms with Crippen LogP contribution in [0.1, 0.15) is 51.4 Å². The van der Waals surface area contributed by atoms with Gasteiger partial charge in [0.15, 0.2) is 0 Å². The van der Waals surface area contributed by atoms with Crippen molar-refractivity contribution in [3.63, 3.8) is 0 Å². The number of unbranched alkanes of at least 4 members (excludes halogenated alkanes) is 6. The first-order valence-electron chi connectivity index (χ1n) is 5.58. The van der Waals surface area contributed by atoms with E-state index in [4.69, 9.17) is 5.73 Å². The number of hydrogen-bond acceptors (Lipinski definition) is 3. The van der Waals surface area contributed by atoms with Gasteiger partial charge in [0.2, 0.25) is 0 Å². The summed E-state index contributed by atoms with van der Waals surface area (Å²) in [6.45, 7) is 0.808. The third kappa shape index (κ3) is 13.7. The molecule has 0 saturated carbocycles. The molecular formula is C11H24ClNO2. The van der Waals surface area contributed by atoms with Crippen molar-refractivity contribution in [3.05, 3.63) is 0 Å². The number of ether oxygens (including phenoxy) is 1. The molecule has 0 bridgehead atoms. The van der Waals surface area contributed by atoms with Gasteiger partial charge in [-0.15, -0.1) is 12.4 Å². The smallest absolute Gasteiger partial charge is 0.305 e. The van der Waals surface area contributed by atoms with E-state index in [9.17, 15) is 4.79 Å². The molecule has 92 valence electrons.